The zero-order chi connectivity index (χ0) is 10.7. The number of hydrogen-bond donors (Lipinski definition) is 1. The Hall–Kier alpha value is -0.800. The summed E-state index contributed by atoms with van der Waals surface area (Å²) in [5.74, 6) is -0.110. The summed E-state index contributed by atoms with van der Waals surface area (Å²) < 4.78 is 18.9. The van der Waals surface area contributed by atoms with E-state index in [4.69, 9.17) is 16.3 Å². The largest absolute Gasteiger partial charge is 0.486 e. The van der Waals surface area contributed by atoms with Crippen LogP contribution in [0.15, 0.2) is 18.2 Å². The number of benzene rings is 1. The first-order valence-corrected chi connectivity index (χ1v) is 5.46. The molecule has 0 saturated carbocycles. The first-order chi connectivity index (χ1) is 7.25. The first kappa shape index (κ1) is 10.7. The number of nitrogens with one attached hydrogen (secondary N) is 1. The van der Waals surface area contributed by atoms with E-state index >= 15 is 0 Å². The molecule has 15 heavy (non-hydrogen) atoms. The molecule has 2 rings (SSSR count). The minimum absolute atomic E-state index is 0.0643. The van der Waals surface area contributed by atoms with E-state index in [1.165, 1.54) is 6.07 Å². The number of halogens is 2. The predicted molar refractivity (Wildman–Crippen MR) is 57.9 cm³/mol. The highest BCUT2D eigenvalue weighted by Gasteiger charge is 2.16. The Morgan fingerprint density at radius 2 is 2.33 bits per heavy atom. The van der Waals surface area contributed by atoms with E-state index in [9.17, 15) is 4.39 Å². The molecule has 1 atom stereocenters. The van der Waals surface area contributed by atoms with Crippen molar-refractivity contribution < 1.29 is 9.13 Å². The summed E-state index contributed by atoms with van der Waals surface area (Å²) in [7, 11) is 0. The van der Waals surface area contributed by atoms with Gasteiger partial charge >= 0.3 is 0 Å². The summed E-state index contributed by atoms with van der Waals surface area (Å²) in [6.45, 7) is 1.80. The third-order valence-electron chi connectivity index (χ3n) is 2.44. The number of ether oxygens (including phenoxy) is 1. The van der Waals surface area contributed by atoms with Crippen LogP contribution in [0.4, 0.5) is 4.39 Å². The second-order valence-corrected chi connectivity index (χ2v) is 4.10. The van der Waals surface area contributed by atoms with E-state index in [0.29, 0.717) is 5.02 Å². The zero-order valence-electron chi connectivity index (χ0n) is 8.30. The average molecular weight is 230 g/mol. The van der Waals surface area contributed by atoms with Gasteiger partial charge in [0, 0.05) is 11.6 Å². The molecule has 0 radical (unpaired) electrons. The van der Waals surface area contributed by atoms with Gasteiger partial charge in [-0.25, -0.2) is 4.39 Å². The fourth-order valence-electron chi connectivity index (χ4n) is 1.67. The van der Waals surface area contributed by atoms with Gasteiger partial charge in [0.05, 0.1) is 0 Å². The lowest BCUT2D eigenvalue weighted by molar-refractivity contribution is 0.160. The Labute approximate surface area is 93.4 Å². The normalized spacial score (nSPS) is 21.3. The third kappa shape index (κ3) is 2.83. The molecule has 0 spiro atoms. The molecule has 82 valence electrons. The van der Waals surface area contributed by atoms with Crippen LogP contribution in [-0.2, 0) is 0 Å². The van der Waals surface area contributed by atoms with Gasteiger partial charge in [0.2, 0.25) is 0 Å². The van der Waals surface area contributed by atoms with Crippen LogP contribution < -0.4 is 10.1 Å². The van der Waals surface area contributed by atoms with Crippen LogP contribution >= 0.6 is 11.6 Å². The smallest absolute Gasteiger partial charge is 0.166 e. The molecular weight excluding hydrogens is 217 g/mol. The molecule has 1 unspecified atom stereocenters. The van der Waals surface area contributed by atoms with Gasteiger partial charge in [0.25, 0.3) is 0 Å². The SMILES string of the molecule is Fc1cc(Cl)ccc1OC1CCCNC1. The van der Waals surface area contributed by atoms with Gasteiger partial charge in [-0.3, -0.25) is 0 Å². The molecular formula is C11H13ClFNO. The quantitative estimate of drug-likeness (QED) is 0.842. The fourth-order valence-corrected chi connectivity index (χ4v) is 1.83. The van der Waals surface area contributed by atoms with Crippen LogP contribution in [0.25, 0.3) is 0 Å². The highest BCUT2D eigenvalue weighted by Crippen LogP contribution is 2.23. The van der Waals surface area contributed by atoms with Crippen molar-refractivity contribution in [3.63, 3.8) is 0 Å². The highest BCUT2D eigenvalue weighted by atomic mass is 35.5. The Morgan fingerprint density at radius 3 is 3.00 bits per heavy atom. The van der Waals surface area contributed by atoms with Crippen LogP contribution in [0, 0.1) is 5.82 Å². The van der Waals surface area contributed by atoms with Gasteiger partial charge in [0.1, 0.15) is 6.10 Å². The lowest BCUT2D eigenvalue weighted by Crippen LogP contribution is -2.37. The molecule has 2 nitrogen and oxygen atoms in total. The van der Waals surface area contributed by atoms with Gasteiger partial charge in [-0.05, 0) is 37.6 Å². The van der Waals surface area contributed by atoms with Gasteiger partial charge in [-0.1, -0.05) is 11.6 Å². The predicted octanol–water partition coefficient (Wildman–Crippen LogP) is 2.61. The second-order valence-electron chi connectivity index (χ2n) is 3.66. The van der Waals surface area contributed by atoms with Crippen LogP contribution in [0.5, 0.6) is 5.75 Å². The first-order valence-electron chi connectivity index (χ1n) is 5.08. The van der Waals surface area contributed by atoms with E-state index in [1.54, 1.807) is 12.1 Å². The van der Waals surface area contributed by atoms with Crippen LogP contribution in [0.2, 0.25) is 5.02 Å². The van der Waals surface area contributed by atoms with Crippen molar-refractivity contribution in [3.8, 4) is 5.75 Å². The van der Waals surface area contributed by atoms with Crippen molar-refractivity contribution in [1.82, 2.24) is 5.32 Å². The third-order valence-corrected chi connectivity index (χ3v) is 2.67. The molecule has 0 aromatic heterocycles. The fraction of sp³-hybridized carbons (Fsp3) is 0.455. The molecule has 1 heterocycles. The topological polar surface area (TPSA) is 21.3 Å². The Bertz CT molecular complexity index is 339. The van der Waals surface area contributed by atoms with E-state index in [1.807, 2.05) is 0 Å². The number of piperidine rings is 1. The number of rotatable bonds is 2. The average Bonchev–Trinajstić information content (AvgIpc) is 2.24. The maximum Gasteiger partial charge on any atom is 0.166 e. The summed E-state index contributed by atoms with van der Waals surface area (Å²) in [6, 6.07) is 4.48. The lowest BCUT2D eigenvalue weighted by atomic mass is 10.1. The molecule has 1 aromatic carbocycles. The summed E-state index contributed by atoms with van der Waals surface area (Å²) in [5, 5.41) is 3.60. The van der Waals surface area contributed by atoms with Crippen molar-refractivity contribution in [2.45, 2.75) is 18.9 Å². The van der Waals surface area contributed by atoms with Gasteiger partial charge in [-0.2, -0.15) is 0 Å². The van der Waals surface area contributed by atoms with Crippen molar-refractivity contribution in [1.29, 1.82) is 0 Å². The van der Waals surface area contributed by atoms with Gasteiger partial charge < -0.3 is 10.1 Å². The summed E-state index contributed by atoms with van der Waals surface area (Å²) in [6.07, 6.45) is 2.10. The molecule has 1 fully saturated rings. The van der Waals surface area contributed by atoms with Gasteiger partial charge in [-0.15, -0.1) is 0 Å². The minimum atomic E-state index is -0.395. The molecule has 1 N–H and O–H groups in total. The molecule has 0 amide bonds. The molecule has 0 bridgehead atoms. The number of hydrogen-bond acceptors (Lipinski definition) is 2. The molecule has 1 aliphatic heterocycles. The maximum atomic E-state index is 13.4. The van der Waals surface area contributed by atoms with Crippen LogP contribution in [0.3, 0.4) is 0 Å². The summed E-state index contributed by atoms with van der Waals surface area (Å²) >= 11 is 5.65. The molecule has 1 aromatic rings. The Morgan fingerprint density at radius 1 is 1.47 bits per heavy atom. The van der Waals surface area contributed by atoms with Gasteiger partial charge in [0.15, 0.2) is 11.6 Å². The summed E-state index contributed by atoms with van der Waals surface area (Å²) in [5.41, 5.74) is 0. The Balaban J connectivity index is 2.03. The van der Waals surface area contributed by atoms with E-state index in [2.05, 4.69) is 5.32 Å². The molecule has 1 saturated heterocycles. The summed E-state index contributed by atoms with van der Waals surface area (Å²) in [4.78, 5) is 0. The zero-order valence-corrected chi connectivity index (χ0v) is 9.06. The van der Waals surface area contributed by atoms with E-state index < -0.39 is 5.82 Å². The Kier molecular flexibility index (Phi) is 3.44. The molecule has 1 aliphatic rings. The van der Waals surface area contributed by atoms with E-state index in [0.717, 1.165) is 25.9 Å². The van der Waals surface area contributed by atoms with E-state index in [-0.39, 0.29) is 11.9 Å². The highest BCUT2D eigenvalue weighted by molar-refractivity contribution is 6.30. The second kappa shape index (κ2) is 4.81. The van der Waals surface area contributed by atoms with Crippen molar-refractivity contribution in [2.75, 3.05) is 13.1 Å². The maximum absolute atomic E-state index is 13.4. The van der Waals surface area contributed by atoms with Crippen molar-refractivity contribution in [2.24, 2.45) is 0 Å². The molecule has 0 aliphatic carbocycles. The van der Waals surface area contributed by atoms with Crippen LogP contribution in [0.1, 0.15) is 12.8 Å². The lowest BCUT2D eigenvalue weighted by Gasteiger charge is -2.24. The van der Waals surface area contributed by atoms with Crippen molar-refractivity contribution >= 4 is 11.6 Å². The standard InChI is InChI=1S/C11H13ClFNO/c12-8-3-4-11(10(13)6-8)15-9-2-1-5-14-7-9/h3-4,6,9,14H,1-2,5,7H2. The monoisotopic (exact) mass is 229 g/mol. The van der Waals surface area contributed by atoms with Crippen molar-refractivity contribution in [3.05, 3.63) is 29.0 Å². The molecule has 4 heteroatoms. The van der Waals surface area contributed by atoms with Crippen LogP contribution in [-0.4, -0.2) is 19.2 Å². The minimum Gasteiger partial charge on any atom is -0.486 e.